The van der Waals surface area contributed by atoms with E-state index in [4.69, 9.17) is 4.42 Å². The zero-order valence-electron chi connectivity index (χ0n) is 14.9. The van der Waals surface area contributed by atoms with E-state index < -0.39 is 0 Å². The molecule has 1 saturated carbocycles. The molecule has 0 aromatic carbocycles. The van der Waals surface area contributed by atoms with Crippen molar-refractivity contribution in [1.82, 2.24) is 20.2 Å². The van der Waals surface area contributed by atoms with Crippen LogP contribution < -0.4 is 5.32 Å². The van der Waals surface area contributed by atoms with Crippen LogP contribution in [-0.4, -0.2) is 40.3 Å². The monoisotopic (exact) mass is 354 g/mol. The Hall–Kier alpha value is -2.70. The number of likely N-dealkylation sites (tertiary alicyclic amines) is 1. The number of nitrogens with one attached hydrogen (secondary N) is 1. The first-order chi connectivity index (χ1) is 12.5. The zero-order valence-corrected chi connectivity index (χ0v) is 14.9. The maximum atomic E-state index is 12.5. The number of carbonyl (C=O) groups excluding carboxylic acids is 2. The highest BCUT2D eigenvalue weighted by Crippen LogP contribution is 2.40. The molecule has 0 bridgehead atoms. The summed E-state index contributed by atoms with van der Waals surface area (Å²) in [7, 11) is 1.80. The molecule has 2 amide bonds. The molecule has 1 saturated heterocycles. The second kappa shape index (κ2) is 6.55. The predicted octanol–water partition coefficient (Wildman–Crippen LogP) is 2.20. The fourth-order valence-corrected chi connectivity index (χ4v) is 3.62. The summed E-state index contributed by atoms with van der Waals surface area (Å²) in [6, 6.07) is 3.73. The van der Waals surface area contributed by atoms with Crippen molar-refractivity contribution in [2.45, 2.75) is 38.1 Å². The minimum absolute atomic E-state index is 0.00761. The Morgan fingerprint density at radius 3 is 2.92 bits per heavy atom. The van der Waals surface area contributed by atoms with E-state index >= 15 is 0 Å². The molecular formula is C19H22N4O3. The van der Waals surface area contributed by atoms with Gasteiger partial charge in [-0.3, -0.25) is 14.6 Å². The lowest BCUT2D eigenvalue weighted by Gasteiger charge is -2.25. The topological polar surface area (TPSA) is 88.3 Å². The predicted molar refractivity (Wildman–Crippen MR) is 93.4 cm³/mol. The second-order valence-electron chi connectivity index (χ2n) is 7.15. The van der Waals surface area contributed by atoms with Crippen molar-refractivity contribution in [3.8, 4) is 0 Å². The van der Waals surface area contributed by atoms with Gasteiger partial charge in [0.05, 0.1) is 11.7 Å². The number of hydrogen-bond donors (Lipinski definition) is 1. The van der Waals surface area contributed by atoms with Crippen LogP contribution in [0.1, 0.15) is 58.9 Å². The molecule has 0 unspecified atom stereocenters. The first kappa shape index (κ1) is 16.8. The lowest BCUT2D eigenvalue weighted by Crippen LogP contribution is -2.32. The Labute approximate surface area is 151 Å². The number of oxazole rings is 1. The lowest BCUT2D eigenvalue weighted by molar-refractivity contribution is -0.127. The second-order valence-corrected chi connectivity index (χ2v) is 7.15. The van der Waals surface area contributed by atoms with Gasteiger partial charge in [0, 0.05) is 44.2 Å². The number of carbonyl (C=O) groups is 2. The van der Waals surface area contributed by atoms with E-state index in [2.05, 4.69) is 15.3 Å². The van der Waals surface area contributed by atoms with Gasteiger partial charge in [0.15, 0.2) is 5.89 Å². The van der Waals surface area contributed by atoms with Gasteiger partial charge < -0.3 is 14.6 Å². The van der Waals surface area contributed by atoms with Crippen LogP contribution in [0.5, 0.6) is 0 Å². The number of rotatable bonds is 5. The summed E-state index contributed by atoms with van der Waals surface area (Å²) >= 11 is 0. The van der Waals surface area contributed by atoms with Gasteiger partial charge in [-0.1, -0.05) is 6.07 Å². The van der Waals surface area contributed by atoms with E-state index in [9.17, 15) is 9.59 Å². The summed E-state index contributed by atoms with van der Waals surface area (Å²) < 4.78 is 5.66. The smallest absolute Gasteiger partial charge is 0.289 e. The molecular weight excluding hydrogens is 332 g/mol. The van der Waals surface area contributed by atoms with Crippen LogP contribution in [0.15, 0.2) is 28.9 Å². The van der Waals surface area contributed by atoms with E-state index in [0.29, 0.717) is 30.5 Å². The summed E-state index contributed by atoms with van der Waals surface area (Å²) in [6.45, 7) is 2.18. The Balaban J connectivity index is 1.46. The van der Waals surface area contributed by atoms with Gasteiger partial charge in [-0.25, -0.2) is 4.98 Å². The van der Waals surface area contributed by atoms with Crippen LogP contribution in [0.4, 0.5) is 0 Å². The van der Waals surface area contributed by atoms with E-state index in [-0.39, 0.29) is 29.5 Å². The van der Waals surface area contributed by atoms with Gasteiger partial charge in [0.25, 0.3) is 5.91 Å². The molecule has 2 aromatic heterocycles. The van der Waals surface area contributed by atoms with Crippen LogP contribution in [-0.2, 0) is 4.79 Å². The van der Waals surface area contributed by atoms with Crippen LogP contribution in [0.2, 0.25) is 0 Å². The Kier molecular flexibility index (Phi) is 4.22. The van der Waals surface area contributed by atoms with Crippen molar-refractivity contribution in [2.75, 3.05) is 13.6 Å². The molecule has 1 aliphatic heterocycles. The van der Waals surface area contributed by atoms with Crippen LogP contribution in [0.25, 0.3) is 0 Å². The molecule has 2 atom stereocenters. The summed E-state index contributed by atoms with van der Waals surface area (Å²) in [6.07, 6.45) is 6.03. The van der Waals surface area contributed by atoms with Crippen molar-refractivity contribution in [3.05, 3.63) is 47.4 Å². The Morgan fingerprint density at radius 1 is 1.42 bits per heavy atom. The van der Waals surface area contributed by atoms with Crippen LogP contribution in [0.3, 0.4) is 0 Å². The number of aromatic nitrogens is 2. The number of pyridine rings is 1. The fraction of sp³-hybridized carbons (Fsp3) is 0.474. The van der Waals surface area contributed by atoms with Gasteiger partial charge in [-0.2, -0.15) is 0 Å². The highest BCUT2D eigenvalue weighted by molar-refractivity contribution is 5.92. The molecule has 4 rings (SSSR count). The number of amides is 2. The molecule has 2 fully saturated rings. The molecule has 1 N–H and O–H groups in total. The van der Waals surface area contributed by atoms with E-state index in [1.807, 2.05) is 12.1 Å². The van der Waals surface area contributed by atoms with Crippen molar-refractivity contribution in [3.63, 3.8) is 0 Å². The molecule has 7 heteroatoms. The largest absolute Gasteiger partial charge is 0.435 e. The maximum absolute atomic E-state index is 12.5. The number of nitrogens with zero attached hydrogens (tertiary/aromatic N) is 3. The molecule has 2 aliphatic rings. The number of aryl methyl sites for hydroxylation is 1. The van der Waals surface area contributed by atoms with E-state index in [0.717, 1.165) is 18.4 Å². The van der Waals surface area contributed by atoms with Gasteiger partial charge in [0.1, 0.15) is 0 Å². The molecule has 1 aliphatic carbocycles. The van der Waals surface area contributed by atoms with Gasteiger partial charge in [-0.05, 0) is 31.4 Å². The Morgan fingerprint density at radius 2 is 2.23 bits per heavy atom. The van der Waals surface area contributed by atoms with Crippen LogP contribution in [0, 0.1) is 12.8 Å². The zero-order chi connectivity index (χ0) is 18.3. The quantitative estimate of drug-likeness (QED) is 0.889. The van der Waals surface area contributed by atoms with Gasteiger partial charge >= 0.3 is 0 Å². The summed E-state index contributed by atoms with van der Waals surface area (Å²) in [5, 5.41) is 2.92. The summed E-state index contributed by atoms with van der Waals surface area (Å²) in [5.41, 5.74) is 1.60. The number of hydrogen-bond acceptors (Lipinski definition) is 5. The summed E-state index contributed by atoms with van der Waals surface area (Å²) in [5.74, 6) is 1.11. The van der Waals surface area contributed by atoms with E-state index in [1.165, 1.54) is 0 Å². The van der Waals surface area contributed by atoms with Crippen LogP contribution >= 0.6 is 0 Å². The fourth-order valence-electron chi connectivity index (χ4n) is 3.62. The van der Waals surface area contributed by atoms with Gasteiger partial charge in [-0.15, -0.1) is 0 Å². The minimum atomic E-state index is -0.270. The van der Waals surface area contributed by atoms with Crippen molar-refractivity contribution >= 4 is 11.8 Å². The minimum Gasteiger partial charge on any atom is -0.435 e. The molecule has 26 heavy (non-hydrogen) atoms. The third kappa shape index (κ3) is 3.09. The average molecular weight is 354 g/mol. The maximum Gasteiger partial charge on any atom is 0.289 e. The normalized spacial score (nSPS) is 22.7. The molecule has 7 nitrogen and oxygen atoms in total. The van der Waals surface area contributed by atoms with Crippen molar-refractivity contribution < 1.29 is 14.0 Å². The Bertz CT molecular complexity index is 829. The lowest BCUT2D eigenvalue weighted by atomic mass is 9.94. The third-order valence-corrected chi connectivity index (χ3v) is 5.19. The van der Waals surface area contributed by atoms with Crippen molar-refractivity contribution in [2.24, 2.45) is 5.92 Å². The van der Waals surface area contributed by atoms with E-state index in [1.54, 1.807) is 31.3 Å². The van der Waals surface area contributed by atoms with Crippen molar-refractivity contribution in [1.29, 1.82) is 0 Å². The highest BCUT2D eigenvalue weighted by atomic mass is 16.4. The van der Waals surface area contributed by atoms with Gasteiger partial charge in [0.2, 0.25) is 11.7 Å². The molecule has 2 aromatic rings. The standard InChI is InChI=1S/C19H22N4O3/c1-11-17(26-19(22-11)12-5-6-12)18(25)21-10-14-8-15(24)23(2)16(14)13-4-3-7-20-9-13/h3-4,7,9,12,14,16H,5-6,8,10H2,1-2H3,(H,21,25)/t14-,16-/m0/s1. The molecule has 136 valence electrons. The molecule has 3 heterocycles. The first-order valence-electron chi connectivity index (χ1n) is 8.95. The average Bonchev–Trinajstić information content (AvgIpc) is 3.36. The first-order valence-corrected chi connectivity index (χ1v) is 8.95. The molecule has 0 spiro atoms. The summed E-state index contributed by atoms with van der Waals surface area (Å²) in [4.78, 5) is 35.0. The molecule has 0 radical (unpaired) electrons. The third-order valence-electron chi connectivity index (χ3n) is 5.19. The highest BCUT2D eigenvalue weighted by Gasteiger charge is 2.39. The SMILES string of the molecule is Cc1nc(C2CC2)oc1C(=O)NC[C@@H]1CC(=O)N(C)[C@H]1c1cccnc1.